The molecular weight excluding hydrogens is 306 g/mol. The van der Waals surface area contributed by atoms with E-state index in [1.54, 1.807) is 12.1 Å². The standard InChI is InChI=1S/C17H19N5O2/c18-16-15(19-7-8-20-16)17(24)21-13-5-3-12(4-6-13)11-14(23)22-9-1-2-10-22/h3-8H,1-2,9-11H2,(H2,18,20)(H,21,24). The van der Waals surface area contributed by atoms with Gasteiger partial charge in [-0.15, -0.1) is 0 Å². The Balaban J connectivity index is 1.61. The van der Waals surface area contributed by atoms with Gasteiger partial charge in [0.1, 0.15) is 0 Å². The lowest BCUT2D eigenvalue weighted by atomic mass is 10.1. The highest BCUT2D eigenvalue weighted by molar-refractivity contribution is 6.05. The molecule has 7 heteroatoms. The zero-order chi connectivity index (χ0) is 16.9. The number of likely N-dealkylation sites (tertiary alicyclic amines) is 1. The van der Waals surface area contributed by atoms with Crippen LogP contribution in [0.4, 0.5) is 11.5 Å². The largest absolute Gasteiger partial charge is 0.382 e. The molecule has 0 radical (unpaired) electrons. The van der Waals surface area contributed by atoms with Crippen molar-refractivity contribution in [1.29, 1.82) is 0 Å². The van der Waals surface area contributed by atoms with E-state index in [0.717, 1.165) is 31.5 Å². The van der Waals surface area contributed by atoms with Crippen LogP contribution in [0.15, 0.2) is 36.7 Å². The molecule has 1 aliphatic heterocycles. The summed E-state index contributed by atoms with van der Waals surface area (Å²) in [5.41, 5.74) is 7.26. The van der Waals surface area contributed by atoms with Crippen LogP contribution in [0.25, 0.3) is 0 Å². The van der Waals surface area contributed by atoms with Crippen molar-refractivity contribution in [1.82, 2.24) is 14.9 Å². The first-order valence-corrected chi connectivity index (χ1v) is 7.88. The van der Waals surface area contributed by atoms with Gasteiger partial charge in [0.15, 0.2) is 11.5 Å². The summed E-state index contributed by atoms with van der Waals surface area (Å²) in [5.74, 6) is -0.180. The molecule has 3 N–H and O–H groups in total. The maximum absolute atomic E-state index is 12.1. The molecule has 0 aliphatic carbocycles. The van der Waals surface area contributed by atoms with Crippen LogP contribution < -0.4 is 11.1 Å². The summed E-state index contributed by atoms with van der Waals surface area (Å²) in [6, 6.07) is 7.20. The highest BCUT2D eigenvalue weighted by Gasteiger charge is 2.18. The molecule has 0 saturated carbocycles. The van der Waals surface area contributed by atoms with Gasteiger partial charge >= 0.3 is 0 Å². The number of carbonyl (C=O) groups is 2. The molecule has 0 atom stereocenters. The van der Waals surface area contributed by atoms with Crippen molar-refractivity contribution in [2.45, 2.75) is 19.3 Å². The number of nitrogens with one attached hydrogen (secondary N) is 1. The lowest BCUT2D eigenvalue weighted by molar-refractivity contribution is -0.129. The Bertz CT molecular complexity index is 739. The summed E-state index contributed by atoms with van der Waals surface area (Å²) in [5, 5.41) is 2.72. The number of amides is 2. The van der Waals surface area contributed by atoms with E-state index >= 15 is 0 Å². The molecule has 0 unspecified atom stereocenters. The van der Waals surface area contributed by atoms with E-state index in [0.29, 0.717) is 12.1 Å². The molecule has 2 amide bonds. The smallest absolute Gasteiger partial charge is 0.278 e. The Morgan fingerprint density at radius 1 is 1.08 bits per heavy atom. The number of hydrogen-bond donors (Lipinski definition) is 2. The van der Waals surface area contributed by atoms with Crippen LogP contribution in [0.5, 0.6) is 0 Å². The molecule has 1 aliphatic rings. The second-order valence-electron chi connectivity index (χ2n) is 5.71. The van der Waals surface area contributed by atoms with Crippen LogP contribution in [0, 0.1) is 0 Å². The van der Waals surface area contributed by atoms with Crippen molar-refractivity contribution < 1.29 is 9.59 Å². The lowest BCUT2D eigenvalue weighted by Crippen LogP contribution is -2.29. The molecule has 0 spiro atoms. The molecule has 0 bridgehead atoms. The third-order valence-electron chi connectivity index (χ3n) is 3.97. The molecule has 1 aromatic carbocycles. The normalized spacial score (nSPS) is 13.8. The predicted molar refractivity (Wildman–Crippen MR) is 90.4 cm³/mol. The number of nitrogens with zero attached hydrogens (tertiary/aromatic N) is 3. The molecule has 1 saturated heterocycles. The van der Waals surface area contributed by atoms with Gasteiger partial charge < -0.3 is 16.0 Å². The Morgan fingerprint density at radius 3 is 2.42 bits per heavy atom. The van der Waals surface area contributed by atoms with Gasteiger partial charge in [-0.05, 0) is 30.5 Å². The zero-order valence-corrected chi connectivity index (χ0v) is 13.2. The average molecular weight is 325 g/mol. The van der Waals surface area contributed by atoms with Gasteiger partial charge in [0.05, 0.1) is 6.42 Å². The van der Waals surface area contributed by atoms with E-state index in [1.807, 2.05) is 17.0 Å². The molecule has 2 aromatic rings. The van der Waals surface area contributed by atoms with E-state index < -0.39 is 5.91 Å². The number of nitrogens with two attached hydrogens (primary N) is 1. The SMILES string of the molecule is Nc1nccnc1C(=O)Nc1ccc(CC(=O)N2CCCC2)cc1. The fourth-order valence-electron chi connectivity index (χ4n) is 2.67. The molecule has 124 valence electrons. The minimum Gasteiger partial charge on any atom is -0.382 e. The Kier molecular flexibility index (Phi) is 4.69. The van der Waals surface area contributed by atoms with Crippen LogP contribution in [0.2, 0.25) is 0 Å². The van der Waals surface area contributed by atoms with Crippen LogP contribution in [-0.2, 0) is 11.2 Å². The summed E-state index contributed by atoms with van der Waals surface area (Å²) >= 11 is 0. The van der Waals surface area contributed by atoms with Gasteiger partial charge in [0, 0.05) is 31.2 Å². The number of anilines is 2. The quantitative estimate of drug-likeness (QED) is 0.886. The van der Waals surface area contributed by atoms with Gasteiger partial charge in [-0.3, -0.25) is 9.59 Å². The molecule has 7 nitrogen and oxygen atoms in total. The van der Waals surface area contributed by atoms with Crippen molar-refractivity contribution >= 4 is 23.3 Å². The Hall–Kier alpha value is -2.96. The van der Waals surface area contributed by atoms with E-state index in [2.05, 4.69) is 15.3 Å². The second kappa shape index (κ2) is 7.08. The topological polar surface area (TPSA) is 101 Å². The van der Waals surface area contributed by atoms with Crippen LogP contribution in [0.1, 0.15) is 28.9 Å². The molecule has 24 heavy (non-hydrogen) atoms. The Labute approximate surface area is 139 Å². The summed E-state index contributed by atoms with van der Waals surface area (Å²) in [6.07, 6.45) is 5.40. The highest BCUT2D eigenvalue weighted by Crippen LogP contribution is 2.15. The van der Waals surface area contributed by atoms with Gasteiger partial charge in [-0.1, -0.05) is 12.1 Å². The number of carbonyl (C=O) groups excluding carboxylic acids is 2. The van der Waals surface area contributed by atoms with Crippen molar-refractivity contribution in [3.8, 4) is 0 Å². The molecule has 1 aromatic heterocycles. The van der Waals surface area contributed by atoms with Crippen molar-refractivity contribution in [2.75, 3.05) is 24.1 Å². The third-order valence-corrected chi connectivity index (χ3v) is 3.97. The van der Waals surface area contributed by atoms with Crippen LogP contribution >= 0.6 is 0 Å². The van der Waals surface area contributed by atoms with Crippen LogP contribution in [0.3, 0.4) is 0 Å². The van der Waals surface area contributed by atoms with Gasteiger partial charge in [0.2, 0.25) is 5.91 Å². The zero-order valence-electron chi connectivity index (χ0n) is 13.2. The molecular formula is C17H19N5O2. The number of aromatic nitrogens is 2. The van der Waals surface area contributed by atoms with Crippen LogP contribution in [-0.4, -0.2) is 39.8 Å². The monoisotopic (exact) mass is 325 g/mol. The molecule has 1 fully saturated rings. The first-order valence-electron chi connectivity index (χ1n) is 7.88. The minimum absolute atomic E-state index is 0.0860. The number of benzene rings is 1. The minimum atomic E-state index is -0.415. The number of nitrogen functional groups attached to an aromatic ring is 1. The summed E-state index contributed by atoms with van der Waals surface area (Å²) in [7, 11) is 0. The lowest BCUT2D eigenvalue weighted by Gasteiger charge is -2.15. The summed E-state index contributed by atoms with van der Waals surface area (Å²) in [4.78, 5) is 33.9. The maximum atomic E-state index is 12.1. The van der Waals surface area contributed by atoms with Crippen molar-refractivity contribution in [2.24, 2.45) is 0 Å². The molecule has 3 rings (SSSR count). The van der Waals surface area contributed by atoms with E-state index in [1.165, 1.54) is 12.4 Å². The van der Waals surface area contributed by atoms with Gasteiger partial charge in [-0.2, -0.15) is 0 Å². The van der Waals surface area contributed by atoms with E-state index in [4.69, 9.17) is 5.73 Å². The summed E-state index contributed by atoms with van der Waals surface area (Å²) < 4.78 is 0. The van der Waals surface area contributed by atoms with Crippen molar-refractivity contribution in [3.05, 3.63) is 47.9 Å². The van der Waals surface area contributed by atoms with Gasteiger partial charge in [0.25, 0.3) is 5.91 Å². The van der Waals surface area contributed by atoms with E-state index in [9.17, 15) is 9.59 Å². The Morgan fingerprint density at radius 2 is 1.75 bits per heavy atom. The summed E-state index contributed by atoms with van der Waals surface area (Å²) in [6.45, 7) is 1.71. The maximum Gasteiger partial charge on any atom is 0.278 e. The third kappa shape index (κ3) is 3.68. The van der Waals surface area contributed by atoms with Crippen molar-refractivity contribution in [3.63, 3.8) is 0 Å². The molecule has 2 heterocycles. The predicted octanol–water partition coefficient (Wildman–Crippen LogP) is 1.48. The first kappa shape index (κ1) is 15.9. The fraction of sp³-hybridized carbons (Fsp3) is 0.294. The number of rotatable bonds is 4. The van der Waals surface area contributed by atoms with Gasteiger partial charge in [-0.25, -0.2) is 9.97 Å². The number of hydrogen-bond acceptors (Lipinski definition) is 5. The second-order valence-corrected chi connectivity index (χ2v) is 5.71. The van der Waals surface area contributed by atoms with E-state index in [-0.39, 0.29) is 17.4 Å². The highest BCUT2D eigenvalue weighted by atomic mass is 16.2. The average Bonchev–Trinajstić information content (AvgIpc) is 3.11. The fourth-order valence-corrected chi connectivity index (χ4v) is 2.67. The first-order chi connectivity index (χ1) is 11.6.